The number of pyridine rings is 1. The fraction of sp³-hybridized carbons (Fsp3) is 0.417. The van der Waals surface area contributed by atoms with E-state index in [2.05, 4.69) is 19.7 Å². The van der Waals surface area contributed by atoms with E-state index >= 15 is 0 Å². The Bertz CT molecular complexity index is 486. The van der Waals surface area contributed by atoms with Crippen LogP contribution in [0.1, 0.15) is 11.5 Å². The molecule has 0 radical (unpaired) electrons. The molecular formula is C12H16N4OS. The molecule has 0 saturated carbocycles. The fourth-order valence-corrected chi connectivity index (χ4v) is 2.46. The molecule has 0 aliphatic carbocycles. The highest BCUT2D eigenvalue weighted by Crippen LogP contribution is 2.20. The summed E-state index contributed by atoms with van der Waals surface area (Å²) in [5.74, 6) is 1.71. The Balaban J connectivity index is 2.01. The van der Waals surface area contributed by atoms with Crippen molar-refractivity contribution >= 4 is 11.8 Å². The van der Waals surface area contributed by atoms with Crippen LogP contribution in [0.5, 0.6) is 0 Å². The Morgan fingerprint density at radius 2 is 2.22 bits per heavy atom. The van der Waals surface area contributed by atoms with Crippen LogP contribution in [0.2, 0.25) is 0 Å². The first-order chi connectivity index (χ1) is 8.81. The van der Waals surface area contributed by atoms with Gasteiger partial charge in [-0.25, -0.2) is 0 Å². The van der Waals surface area contributed by atoms with E-state index in [4.69, 9.17) is 4.74 Å². The summed E-state index contributed by atoms with van der Waals surface area (Å²) < 4.78 is 7.16. The Hall–Kier alpha value is -1.40. The summed E-state index contributed by atoms with van der Waals surface area (Å²) >= 11 is 1.64. The zero-order valence-corrected chi connectivity index (χ0v) is 11.4. The first-order valence-electron chi connectivity index (χ1n) is 5.72. The van der Waals surface area contributed by atoms with Gasteiger partial charge in [-0.05, 0) is 19.1 Å². The molecule has 0 unspecified atom stereocenters. The lowest BCUT2D eigenvalue weighted by molar-refractivity contribution is 0.184. The molecule has 0 fully saturated rings. The predicted octanol–water partition coefficient (Wildman–Crippen LogP) is 1.92. The zero-order valence-electron chi connectivity index (χ0n) is 10.5. The normalized spacial score (nSPS) is 10.8. The SMILES string of the molecule is COCCn1c(C)nnc1SCc1ccccn1. The Labute approximate surface area is 111 Å². The van der Waals surface area contributed by atoms with Crippen molar-refractivity contribution in [1.82, 2.24) is 19.7 Å². The Morgan fingerprint density at radius 1 is 1.33 bits per heavy atom. The molecule has 0 atom stereocenters. The summed E-state index contributed by atoms with van der Waals surface area (Å²) in [7, 11) is 1.69. The van der Waals surface area contributed by atoms with Crippen LogP contribution < -0.4 is 0 Å². The van der Waals surface area contributed by atoms with Gasteiger partial charge in [-0.1, -0.05) is 17.8 Å². The number of methoxy groups -OCH3 is 1. The molecule has 2 aromatic heterocycles. The van der Waals surface area contributed by atoms with Gasteiger partial charge in [0.05, 0.1) is 12.3 Å². The molecule has 0 saturated heterocycles. The second kappa shape index (κ2) is 6.51. The van der Waals surface area contributed by atoms with E-state index in [0.717, 1.165) is 29.0 Å². The third-order valence-electron chi connectivity index (χ3n) is 2.50. The lowest BCUT2D eigenvalue weighted by Crippen LogP contribution is -2.07. The molecule has 0 spiro atoms. The standard InChI is InChI=1S/C12H16N4OS/c1-10-14-15-12(16(10)7-8-17-2)18-9-11-5-3-4-6-13-11/h3-6H,7-9H2,1-2H3. The highest BCUT2D eigenvalue weighted by Gasteiger charge is 2.09. The molecule has 6 heteroatoms. The minimum Gasteiger partial charge on any atom is -0.383 e. The van der Waals surface area contributed by atoms with Crippen LogP contribution >= 0.6 is 11.8 Å². The van der Waals surface area contributed by atoms with Crippen molar-refractivity contribution in [2.45, 2.75) is 24.4 Å². The van der Waals surface area contributed by atoms with E-state index in [1.807, 2.05) is 25.1 Å². The second-order valence-electron chi connectivity index (χ2n) is 3.78. The van der Waals surface area contributed by atoms with Gasteiger partial charge in [0.1, 0.15) is 5.82 Å². The number of hydrogen-bond donors (Lipinski definition) is 0. The number of hydrogen-bond acceptors (Lipinski definition) is 5. The smallest absolute Gasteiger partial charge is 0.191 e. The summed E-state index contributed by atoms with van der Waals surface area (Å²) in [5, 5.41) is 9.19. The van der Waals surface area contributed by atoms with Crippen molar-refractivity contribution in [2.24, 2.45) is 0 Å². The third kappa shape index (κ3) is 3.30. The average molecular weight is 264 g/mol. The molecule has 2 rings (SSSR count). The lowest BCUT2D eigenvalue weighted by atomic mass is 10.4. The monoisotopic (exact) mass is 264 g/mol. The summed E-state index contributed by atoms with van der Waals surface area (Å²) in [5.41, 5.74) is 1.04. The van der Waals surface area contributed by atoms with Gasteiger partial charge in [-0.15, -0.1) is 10.2 Å². The quantitative estimate of drug-likeness (QED) is 0.746. The largest absolute Gasteiger partial charge is 0.383 e. The Kier molecular flexibility index (Phi) is 4.72. The number of ether oxygens (including phenoxy) is 1. The van der Waals surface area contributed by atoms with Crippen molar-refractivity contribution in [1.29, 1.82) is 0 Å². The van der Waals surface area contributed by atoms with Gasteiger partial charge in [0, 0.05) is 25.6 Å². The van der Waals surface area contributed by atoms with E-state index in [0.29, 0.717) is 6.61 Å². The fourth-order valence-electron chi connectivity index (χ4n) is 1.53. The van der Waals surface area contributed by atoms with E-state index in [-0.39, 0.29) is 0 Å². The van der Waals surface area contributed by atoms with E-state index in [9.17, 15) is 0 Å². The van der Waals surface area contributed by atoms with Crippen LogP contribution in [0, 0.1) is 6.92 Å². The second-order valence-corrected chi connectivity index (χ2v) is 4.73. The van der Waals surface area contributed by atoms with Gasteiger partial charge < -0.3 is 9.30 Å². The highest BCUT2D eigenvalue weighted by molar-refractivity contribution is 7.98. The number of aryl methyl sites for hydroxylation is 1. The van der Waals surface area contributed by atoms with Crippen LogP contribution in [-0.2, 0) is 17.0 Å². The number of rotatable bonds is 6. The molecule has 18 heavy (non-hydrogen) atoms. The van der Waals surface area contributed by atoms with Crippen LogP contribution in [-0.4, -0.2) is 33.5 Å². The summed E-state index contributed by atoms with van der Waals surface area (Å²) in [6, 6.07) is 5.92. The highest BCUT2D eigenvalue weighted by atomic mass is 32.2. The van der Waals surface area contributed by atoms with Crippen molar-refractivity contribution in [3.05, 3.63) is 35.9 Å². The Morgan fingerprint density at radius 3 is 2.94 bits per heavy atom. The predicted molar refractivity (Wildman–Crippen MR) is 70.4 cm³/mol. The molecule has 2 aromatic rings. The topological polar surface area (TPSA) is 52.8 Å². The van der Waals surface area contributed by atoms with Crippen molar-refractivity contribution < 1.29 is 4.74 Å². The summed E-state index contributed by atoms with van der Waals surface area (Å²) in [4.78, 5) is 4.29. The number of nitrogens with zero attached hydrogens (tertiary/aromatic N) is 4. The molecule has 5 nitrogen and oxygen atoms in total. The molecule has 0 aliphatic heterocycles. The molecule has 0 bridgehead atoms. The third-order valence-corrected chi connectivity index (χ3v) is 3.50. The molecule has 0 aliphatic rings. The first-order valence-corrected chi connectivity index (χ1v) is 6.71. The number of thioether (sulfide) groups is 1. The minimum absolute atomic E-state index is 0.663. The van der Waals surface area contributed by atoms with Gasteiger partial charge in [-0.2, -0.15) is 0 Å². The molecular weight excluding hydrogens is 248 g/mol. The van der Waals surface area contributed by atoms with Crippen LogP contribution in [0.15, 0.2) is 29.6 Å². The lowest BCUT2D eigenvalue weighted by Gasteiger charge is -2.07. The van der Waals surface area contributed by atoms with Gasteiger partial charge >= 0.3 is 0 Å². The van der Waals surface area contributed by atoms with Crippen LogP contribution in [0.4, 0.5) is 0 Å². The molecule has 0 amide bonds. The molecule has 96 valence electrons. The molecule has 0 N–H and O–H groups in total. The molecule has 0 aromatic carbocycles. The van der Waals surface area contributed by atoms with Gasteiger partial charge in [0.15, 0.2) is 5.16 Å². The average Bonchev–Trinajstić information content (AvgIpc) is 2.76. The zero-order chi connectivity index (χ0) is 12.8. The van der Waals surface area contributed by atoms with Crippen molar-refractivity contribution in [3.63, 3.8) is 0 Å². The summed E-state index contributed by atoms with van der Waals surface area (Å²) in [6.45, 7) is 3.39. The van der Waals surface area contributed by atoms with Crippen molar-refractivity contribution in [3.8, 4) is 0 Å². The van der Waals surface area contributed by atoms with E-state index < -0.39 is 0 Å². The van der Waals surface area contributed by atoms with E-state index in [1.165, 1.54) is 0 Å². The first kappa shape index (κ1) is 13.0. The number of aromatic nitrogens is 4. The molecule has 2 heterocycles. The van der Waals surface area contributed by atoms with Crippen LogP contribution in [0.3, 0.4) is 0 Å². The summed E-state index contributed by atoms with van der Waals surface area (Å²) in [6.07, 6.45) is 1.80. The maximum atomic E-state index is 5.09. The van der Waals surface area contributed by atoms with Gasteiger partial charge in [0.2, 0.25) is 0 Å². The van der Waals surface area contributed by atoms with Crippen LogP contribution in [0.25, 0.3) is 0 Å². The van der Waals surface area contributed by atoms with Gasteiger partial charge in [0.25, 0.3) is 0 Å². The maximum absolute atomic E-state index is 5.09. The van der Waals surface area contributed by atoms with Crippen molar-refractivity contribution in [2.75, 3.05) is 13.7 Å². The maximum Gasteiger partial charge on any atom is 0.191 e. The van der Waals surface area contributed by atoms with E-state index in [1.54, 1.807) is 25.1 Å². The van der Waals surface area contributed by atoms with Gasteiger partial charge in [-0.3, -0.25) is 4.98 Å². The minimum atomic E-state index is 0.663.